The Morgan fingerprint density at radius 3 is 2.62 bits per heavy atom. The molecule has 0 saturated carbocycles. The van der Waals surface area contributed by atoms with Crippen molar-refractivity contribution in [1.82, 2.24) is 9.97 Å². The lowest BCUT2D eigenvalue weighted by Crippen LogP contribution is -2.17. The van der Waals surface area contributed by atoms with Crippen LogP contribution in [0, 0.1) is 0 Å². The quantitative estimate of drug-likeness (QED) is 0.763. The maximum atomic E-state index is 4.53. The van der Waals surface area contributed by atoms with Crippen molar-refractivity contribution in [2.45, 2.75) is 32.1 Å². The zero-order chi connectivity index (χ0) is 15.9. The van der Waals surface area contributed by atoms with E-state index in [1.54, 1.807) is 6.33 Å². The highest BCUT2D eigenvalue weighted by Gasteiger charge is 2.21. The van der Waals surface area contributed by atoms with Gasteiger partial charge in [-0.15, -0.1) is 11.3 Å². The maximum absolute atomic E-state index is 4.53. The molecular formula is C19H20N4S. The predicted octanol–water partition coefficient (Wildman–Crippen LogP) is 4.52. The number of aromatic nitrogens is 2. The molecule has 1 saturated heterocycles. The fourth-order valence-electron chi connectivity index (χ4n) is 3.89. The number of nitrogens with one attached hydrogen (secondary N) is 1. The highest BCUT2D eigenvalue weighted by molar-refractivity contribution is 7.19. The number of thiophene rings is 1. The summed E-state index contributed by atoms with van der Waals surface area (Å²) in [6.45, 7) is 2.36. The minimum atomic E-state index is 0.952. The second kappa shape index (κ2) is 5.74. The van der Waals surface area contributed by atoms with Gasteiger partial charge in [-0.25, -0.2) is 9.97 Å². The van der Waals surface area contributed by atoms with Gasteiger partial charge in [0.1, 0.15) is 17.0 Å². The van der Waals surface area contributed by atoms with E-state index in [-0.39, 0.29) is 0 Å². The first-order valence-corrected chi connectivity index (χ1v) is 9.57. The van der Waals surface area contributed by atoms with Crippen LogP contribution >= 0.6 is 11.3 Å². The molecule has 2 aliphatic rings. The summed E-state index contributed by atoms with van der Waals surface area (Å²) in [5, 5.41) is 4.75. The fraction of sp³-hybridized carbons (Fsp3) is 0.368. The number of fused-ring (bicyclic) bond motifs is 3. The Kier molecular flexibility index (Phi) is 3.40. The largest absolute Gasteiger partial charge is 0.372 e. The molecule has 1 aromatic carbocycles. The van der Waals surface area contributed by atoms with Crippen molar-refractivity contribution in [2.24, 2.45) is 0 Å². The van der Waals surface area contributed by atoms with Crippen LogP contribution in [0.4, 0.5) is 17.2 Å². The van der Waals surface area contributed by atoms with Crippen molar-refractivity contribution in [3.8, 4) is 0 Å². The Hall–Kier alpha value is -2.14. The monoisotopic (exact) mass is 336 g/mol. The van der Waals surface area contributed by atoms with Crippen LogP contribution in [0.5, 0.6) is 0 Å². The normalized spacial score (nSPS) is 16.8. The minimum Gasteiger partial charge on any atom is -0.372 e. The molecule has 1 fully saturated rings. The summed E-state index contributed by atoms with van der Waals surface area (Å²) >= 11 is 1.83. The number of aryl methyl sites for hydroxylation is 2. The standard InChI is InChI=1S/C19H20N4S/c1-2-11-23(10-1)14-8-6-13(7-9-14)22-18-17-15-4-3-5-16(15)24-19(17)21-12-20-18/h6-9,12H,1-5,10-11H2,(H,20,21,22). The second-order valence-electron chi connectivity index (χ2n) is 6.63. The first kappa shape index (κ1) is 14.2. The zero-order valence-corrected chi connectivity index (χ0v) is 14.4. The molecule has 5 rings (SSSR count). The Balaban J connectivity index is 1.46. The molecule has 1 aliphatic heterocycles. The van der Waals surface area contributed by atoms with Crippen LogP contribution in [0.1, 0.15) is 29.7 Å². The smallest absolute Gasteiger partial charge is 0.142 e. The second-order valence-corrected chi connectivity index (χ2v) is 7.71. The first-order valence-electron chi connectivity index (χ1n) is 8.76. The van der Waals surface area contributed by atoms with Crippen LogP contribution in [0.25, 0.3) is 10.2 Å². The van der Waals surface area contributed by atoms with E-state index in [9.17, 15) is 0 Å². The molecule has 0 unspecified atom stereocenters. The molecule has 3 aromatic rings. The van der Waals surface area contributed by atoms with Gasteiger partial charge in [-0.2, -0.15) is 0 Å². The Morgan fingerprint density at radius 1 is 0.958 bits per heavy atom. The van der Waals surface area contributed by atoms with Crippen molar-refractivity contribution in [1.29, 1.82) is 0 Å². The summed E-state index contributed by atoms with van der Waals surface area (Å²) in [5.41, 5.74) is 3.88. The van der Waals surface area contributed by atoms with Gasteiger partial charge in [0.05, 0.1) is 5.39 Å². The van der Waals surface area contributed by atoms with E-state index >= 15 is 0 Å². The molecule has 0 radical (unpaired) electrons. The number of rotatable bonds is 3. The molecule has 5 heteroatoms. The molecule has 122 valence electrons. The van der Waals surface area contributed by atoms with Crippen LogP contribution in [0.2, 0.25) is 0 Å². The molecule has 2 aromatic heterocycles. The zero-order valence-electron chi connectivity index (χ0n) is 13.6. The lowest BCUT2D eigenvalue weighted by Gasteiger charge is -2.18. The van der Waals surface area contributed by atoms with Crippen LogP contribution in [-0.2, 0) is 12.8 Å². The van der Waals surface area contributed by atoms with Crippen molar-refractivity contribution in [3.63, 3.8) is 0 Å². The molecular weight excluding hydrogens is 316 g/mol. The summed E-state index contributed by atoms with van der Waals surface area (Å²) in [5.74, 6) is 0.952. The third-order valence-electron chi connectivity index (χ3n) is 5.10. The SMILES string of the molecule is c1nc(Nc2ccc(N3CCCC3)cc2)c2c3c(sc2n1)CCC3. The van der Waals surface area contributed by atoms with Crippen molar-refractivity contribution in [3.05, 3.63) is 41.0 Å². The van der Waals surface area contributed by atoms with E-state index in [0.29, 0.717) is 0 Å². The van der Waals surface area contributed by atoms with Gasteiger partial charge in [0.25, 0.3) is 0 Å². The Morgan fingerprint density at radius 2 is 1.79 bits per heavy atom. The lowest BCUT2D eigenvalue weighted by molar-refractivity contribution is 0.917. The lowest BCUT2D eigenvalue weighted by atomic mass is 10.2. The molecule has 24 heavy (non-hydrogen) atoms. The third kappa shape index (κ3) is 2.35. The summed E-state index contributed by atoms with van der Waals surface area (Å²) in [4.78, 5) is 14.1. The van der Waals surface area contributed by atoms with Crippen molar-refractivity contribution in [2.75, 3.05) is 23.3 Å². The molecule has 0 amide bonds. The molecule has 0 atom stereocenters. The summed E-state index contributed by atoms with van der Waals surface area (Å²) in [6, 6.07) is 8.75. The van der Waals surface area contributed by atoms with Gasteiger partial charge in [-0.05, 0) is 61.9 Å². The average Bonchev–Trinajstić information content (AvgIpc) is 3.32. The predicted molar refractivity (Wildman–Crippen MR) is 101 cm³/mol. The summed E-state index contributed by atoms with van der Waals surface area (Å²) in [6.07, 6.45) is 7.90. The molecule has 0 spiro atoms. The van der Waals surface area contributed by atoms with E-state index in [1.165, 1.54) is 60.3 Å². The van der Waals surface area contributed by atoms with Gasteiger partial charge in [0.15, 0.2) is 0 Å². The van der Waals surface area contributed by atoms with Gasteiger partial charge < -0.3 is 10.2 Å². The van der Waals surface area contributed by atoms with E-state index in [2.05, 4.69) is 44.5 Å². The number of anilines is 3. The van der Waals surface area contributed by atoms with Crippen LogP contribution in [0.15, 0.2) is 30.6 Å². The average molecular weight is 336 g/mol. The van der Waals surface area contributed by atoms with E-state index < -0.39 is 0 Å². The topological polar surface area (TPSA) is 41.1 Å². The number of hydrogen-bond donors (Lipinski definition) is 1. The number of nitrogens with zero attached hydrogens (tertiary/aromatic N) is 3. The third-order valence-corrected chi connectivity index (χ3v) is 6.30. The van der Waals surface area contributed by atoms with Crippen molar-refractivity contribution < 1.29 is 0 Å². The highest BCUT2D eigenvalue weighted by Crippen LogP contribution is 2.39. The summed E-state index contributed by atoms with van der Waals surface area (Å²) < 4.78 is 0. The van der Waals surface area contributed by atoms with E-state index in [4.69, 9.17) is 0 Å². The van der Waals surface area contributed by atoms with Crippen LogP contribution < -0.4 is 10.2 Å². The van der Waals surface area contributed by atoms with Crippen LogP contribution in [-0.4, -0.2) is 23.1 Å². The molecule has 1 N–H and O–H groups in total. The molecule has 0 bridgehead atoms. The maximum Gasteiger partial charge on any atom is 0.142 e. The summed E-state index contributed by atoms with van der Waals surface area (Å²) in [7, 11) is 0. The van der Waals surface area contributed by atoms with Crippen molar-refractivity contribution >= 4 is 38.7 Å². The van der Waals surface area contributed by atoms with E-state index in [1.807, 2.05) is 11.3 Å². The van der Waals surface area contributed by atoms with Gasteiger partial charge in [-0.1, -0.05) is 0 Å². The Bertz CT molecular complexity index is 878. The fourth-order valence-corrected chi connectivity index (χ4v) is 5.12. The molecule has 4 nitrogen and oxygen atoms in total. The first-order chi connectivity index (χ1) is 11.9. The van der Waals surface area contributed by atoms with Gasteiger partial charge in [0.2, 0.25) is 0 Å². The van der Waals surface area contributed by atoms with E-state index in [0.717, 1.165) is 22.8 Å². The van der Waals surface area contributed by atoms with Gasteiger partial charge in [-0.3, -0.25) is 0 Å². The number of benzene rings is 1. The molecule has 3 heterocycles. The van der Waals surface area contributed by atoms with Gasteiger partial charge >= 0.3 is 0 Å². The van der Waals surface area contributed by atoms with Gasteiger partial charge in [0, 0.05) is 29.3 Å². The molecule has 1 aliphatic carbocycles. The van der Waals surface area contributed by atoms with Crippen LogP contribution in [0.3, 0.4) is 0 Å². The minimum absolute atomic E-state index is 0.952. The number of hydrogen-bond acceptors (Lipinski definition) is 5. The Labute approximate surface area is 145 Å². The highest BCUT2D eigenvalue weighted by atomic mass is 32.1.